The minimum atomic E-state index is -0.266. The highest BCUT2D eigenvalue weighted by molar-refractivity contribution is 6.30. The Balaban J connectivity index is 1.32. The van der Waals surface area contributed by atoms with E-state index in [0.717, 1.165) is 11.0 Å². The summed E-state index contributed by atoms with van der Waals surface area (Å²) in [5.41, 5.74) is 1.36. The lowest BCUT2D eigenvalue weighted by Crippen LogP contribution is -2.28. The van der Waals surface area contributed by atoms with Crippen molar-refractivity contribution in [3.05, 3.63) is 71.4 Å². The number of nitrogens with zero attached hydrogens (tertiary/aromatic N) is 1. The average Bonchev–Trinajstić information content (AvgIpc) is 3.32. The molecule has 0 bridgehead atoms. The van der Waals surface area contributed by atoms with E-state index in [1.165, 1.54) is 0 Å². The van der Waals surface area contributed by atoms with E-state index >= 15 is 0 Å². The first-order valence-corrected chi connectivity index (χ1v) is 8.65. The Labute approximate surface area is 159 Å². The van der Waals surface area contributed by atoms with Crippen molar-refractivity contribution in [2.75, 3.05) is 6.61 Å². The van der Waals surface area contributed by atoms with Gasteiger partial charge in [0.15, 0.2) is 12.4 Å². The summed E-state index contributed by atoms with van der Waals surface area (Å²) >= 11 is 5.80. The molecule has 2 aromatic heterocycles. The number of aromatic nitrogens is 1. The molecule has 1 N–H and O–H groups in total. The van der Waals surface area contributed by atoms with E-state index in [9.17, 15) is 4.79 Å². The van der Waals surface area contributed by atoms with Gasteiger partial charge in [0.1, 0.15) is 17.0 Å². The number of furan rings is 1. The van der Waals surface area contributed by atoms with E-state index in [1.807, 2.05) is 30.3 Å². The number of benzene rings is 2. The monoisotopic (exact) mass is 382 g/mol. The van der Waals surface area contributed by atoms with Crippen molar-refractivity contribution < 1.29 is 18.5 Å². The average molecular weight is 383 g/mol. The topological polar surface area (TPSA) is 77.5 Å². The quantitative estimate of drug-likeness (QED) is 0.533. The van der Waals surface area contributed by atoms with Gasteiger partial charge >= 0.3 is 0 Å². The van der Waals surface area contributed by atoms with Crippen LogP contribution < -0.4 is 10.1 Å². The Hall–Kier alpha value is -3.25. The van der Waals surface area contributed by atoms with Crippen molar-refractivity contribution >= 4 is 28.5 Å². The van der Waals surface area contributed by atoms with E-state index in [4.69, 9.17) is 25.3 Å². The fourth-order valence-corrected chi connectivity index (χ4v) is 2.66. The Morgan fingerprint density at radius 3 is 2.70 bits per heavy atom. The lowest BCUT2D eigenvalue weighted by molar-refractivity contribution is -0.123. The van der Waals surface area contributed by atoms with Gasteiger partial charge in [-0.3, -0.25) is 4.79 Å². The van der Waals surface area contributed by atoms with E-state index in [1.54, 1.807) is 30.3 Å². The summed E-state index contributed by atoms with van der Waals surface area (Å²) in [5.74, 6) is 1.40. The van der Waals surface area contributed by atoms with Crippen LogP contribution >= 0.6 is 11.6 Å². The molecular weight excluding hydrogens is 368 g/mol. The molecule has 0 atom stereocenters. The molecule has 0 unspecified atom stereocenters. The number of carbonyl (C=O) groups is 1. The molecular formula is C20H15ClN2O4. The first kappa shape index (κ1) is 17.2. The summed E-state index contributed by atoms with van der Waals surface area (Å²) in [4.78, 5) is 11.9. The van der Waals surface area contributed by atoms with Gasteiger partial charge in [-0.1, -0.05) is 35.0 Å². The van der Waals surface area contributed by atoms with Crippen LogP contribution in [0.5, 0.6) is 5.75 Å². The number of para-hydroxylation sites is 1. The molecule has 0 fully saturated rings. The molecule has 0 saturated heterocycles. The van der Waals surface area contributed by atoms with Crippen LogP contribution in [0.15, 0.2) is 69.6 Å². The van der Waals surface area contributed by atoms with Crippen LogP contribution in [0.1, 0.15) is 5.69 Å². The number of hydrogen-bond donors (Lipinski definition) is 1. The van der Waals surface area contributed by atoms with Crippen LogP contribution in [0.2, 0.25) is 5.02 Å². The van der Waals surface area contributed by atoms with Crippen LogP contribution in [0.4, 0.5) is 0 Å². The van der Waals surface area contributed by atoms with Gasteiger partial charge in [-0.25, -0.2) is 0 Å². The standard InChI is InChI=1S/C20H15ClN2O4/c21-14-5-7-16(8-6-14)25-12-20(24)22-11-15-10-19(27-23-15)18-9-13-3-1-2-4-17(13)26-18/h1-10H,11-12H2,(H,22,24). The van der Waals surface area contributed by atoms with Crippen molar-refractivity contribution in [1.29, 1.82) is 0 Å². The fourth-order valence-electron chi connectivity index (χ4n) is 2.53. The summed E-state index contributed by atoms with van der Waals surface area (Å²) in [7, 11) is 0. The number of nitrogens with one attached hydrogen (secondary N) is 1. The lowest BCUT2D eigenvalue weighted by Gasteiger charge is -2.06. The van der Waals surface area contributed by atoms with E-state index < -0.39 is 0 Å². The van der Waals surface area contributed by atoms with Gasteiger partial charge in [0.05, 0.1) is 6.54 Å². The Morgan fingerprint density at radius 2 is 1.89 bits per heavy atom. The molecule has 136 valence electrons. The van der Waals surface area contributed by atoms with Crippen molar-refractivity contribution in [2.45, 2.75) is 6.54 Å². The highest BCUT2D eigenvalue weighted by Crippen LogP contribution is 2.28. The zero-order valence-corrected chi connectivity index (χ0v) is 14.9. The van der Waals surface area contributed by atoms with Crippen molar-refractivity contribution in [3.8, 4) is 17.3 Å². The summed E-state index contributed by atoms with van der Waals surface area (Å²) in [6.45, 7) is 0.127. The Morgan fingerprint density at radius 1 is 1.07 bits per heavy atom. The van der Waals surface area contributed by atoms with E-state index in [0.29, 0.717) is 28.0 Å². The van der Waals surface area contributed by atoms with Gasteiger partial charge in [-0.15, -0.1) is 0 Å². The maximum atomic E-state index is 11.9. The zero-order chi connectivity index (χ0) is 18.6. The number of rotatable bonds is 6. The summed E-state index contributed by atoms with van der Waals surface area (Å²) < 4.78 is 16.4. The second-order valence-electron chi connectivity index (χ2n) is 5.85. The molecule has 1 amide bonds. The molecule has 0 radical (unpaired) electrons. The molecule has 0 aliphatic heterocycles. The summed E-state index contributed by atoms with van der Waals surface area (Å²) in [5, 5.41) is 8.28. The lowest BCUT2D eigenvalue weighted by atomic mass is 10.2. The van der Waals surface area contributed by atoms with Crippen LogP contribution in [-0.4, -0.2) is 17.7 Å². The van der Waals surface area contributed by atoms with Gasteiger partial charge < -0.3 is 19.0 Å². The Bertz CT molecular complexity index is 1040. The number of hydrogen-bond acceptors (Lipinski definition) is 5. The van der Waals surface area contributed by atoms with Gasteiger partial charge in [0.2, 0.25) is 5.76 Å². The van der Waals surface area contributed by atoms with Gasteiger partial charge in [-0.2, -0.15) is 0 Å². The second-order valence-corrected chi connectivity index (χ2v) is 6.29. The number of fused-ring (bicyclic) bond motifs is 1. The highest BCUT2D eigenvalue weighted by Gasteiger charge is 2.12. The van der Waals surface area contributed by atoms with Crippen molar-refractivity contribution in [2.24, 2.45) is 0 Å². The number of halogens is 1. The zero-order valence-electron chi connectivity index (χ0n) is 14.1. The third kappa shape index (κ3) is 4.12. The maximum absolute atomic E-state index is 11.9. The molecule has 4 rings (SSSR count). The van der Waals surface area contributed by atoms with Crippen molar-refractivity contribution in [3.63, 3.8) is 0 Å². The molecule has 27 heavy (non-hydrogen) atoms. The van der Waals surface area contributed by atoms with Crippen LogP contribution in [0.3, 0.4) is 0 Å². The molecule has 0 aliphatic carbocycles. The molecule has 2 aromatic carbocycles. The molecule has 0 spiro atoms. The largest absolute Gasteiger partial charge is 0.484 e. The van der Waals surface area contributed by atoms with Crippen molar-refractivity contribution in [1.82, 2.24) is 10.5 Å². The smallest absolute Gasteiger partial charge is 0.258 e. The molecule has 0 aliphatic rings. The maximum Gasteiger partial charge on any atom is 0.258 e. The summed E-state index contributed by atoms with van der Waals surface area (Å²) in [6.07, 6.45) is 0. The molecule has 7 heteroatoms. The Kier molecular flexibility index (Phi) is 4.80. The number of ether oxygens (including phenoxy) is 1. The molecule has 2 heterocycles. The number of amides is 1. The third-order valence-electron chi connectivity index (χ3n) is 3.88. The summed E-state index contributed by atoms with van der Waals surface area (Å²) in [6, 6.07) is 18.1. The van der Waals surface area contributed by atoms with Crippen LogP contribution in [-0.2, 0) is 11.3 Å². The predicted octanol–water partition coefficient (Wildman–Crippen LogP) is 4.44. The van der Waals surface area contributed by atoms with Gasteiger partial charge in [0, 0.05) is 16.5 Å². The highest BCUT2D eigenvalue weighted by atomic mass is 35.5. The minimum Gasteiger partial charge on any atom is -0.484 e. The second kappa shape index (κ2) is 7.55. The van der Waals surface area contributed by atoms with Gasteiger partial charge in [-0.05, 0) is 36.4 Å². The van der Waals surface area contributed by atoms with Gasteiger partial charge in [0.25, 0.3) is 5.91 Å². The molecule has 6 nitrogen and oxygen atoms in total. The number of carbonyl (C=O) groups excluding carboxylic acids is 1. The predicted molar refractivity (Wildman–Crippen MR) is 101 cm³/mol. The normalized spacial score (nSPS) is 10.9. The molecule has 4 aromatic rings. The van der Waals surface area contributed by atoms with Crippen LogP contribution in [0, 0.1) is 0 Å². The third-order valence-corrected chi connectivity index (χ3v) is 4.13. The van der Waals surface area contributed by atoms with Crippen LogP contribution in [0.25, 0.3) is 22.5 Å². The fraction of sp³-hybridized carbons (Fsp3) is 0.100. The SMILES string of the molecule is O=C(COc1ccc(Cl)cc1)NCc1cc(-c2cc3ccccc3o2)on1. The minimum absolute atomic E-state index is 0.101. The first-order valence-electron chi connectivity index (χ1n) is 8.27. The van der Waals surface area contributed by atoms with E-state index in [2.05, 4.69) is 10.5 Å². The first-order chi connectivity index (χ1) is 13.2. The van der Waals surface area contributed by atoms with E-state index in [-0.39, 0.29) is 19.1 Å². The molecule has 0 saturated carbocycles.